The summed E-state index contributed by atoms with van der Waals surface area (Å²) in [5.41, 5.74) is 35.9. The number of fused-ring (bicyclic) bond motifs is 25. The van der Waals surface area contributed by atoms with Gasteiger partial charge in [0, 0.05) is 90.5 Å². The van der Waals surface area contributed by atoms with E-state index in [1.165, 1.54) is 99.9 Å². The molecule has 3 aliphatic heterocycles. The van der Waals surface area contributed by atoms with Gasteiger partial charge in [-0.25, -0.2) is 19.9 Å². The van der Waals surface area contributed by atoms with Crippen molar-refractivity contribution in [1.82, 2.24) is 48.6 Å². The first-order valence-electron chi connectivity index (χ1n) is 42.8. The number of nitrogens with zero attached hydrogens (tertiary/aromatic N) is 12. The average Bonchev–Trinajstić information content (AvgIpc) is 1.56. The van der Waals surface area contributed by atoms with Crippen LogP contribution in [0.2, 0.25) is 0 Å². The smallest absolute Gasteiger partial charge is 0.162 e. The molecule has 0 spiro atoms. The lowest BCUT2D eigenvalue weighted by molar-refractivity contribution is 0.656. The minimum absolute atomic E-state index is 0.0985. The minimum atomic E-state index is -0.0985. The van der Waals surface area contributed by atoms with Crippen molar-refractivity contribution in [3.63, 3.8) is 0 Å². The fourth-order valence-corrected chi connectivity index (χ4v) is 20.4. The van der Waals surface area contributed by atoms with Gasteiger partial charge in [0.05, 0.1) is 96.7 Å². The van der Waals surface area contributed by atoms with E-state index in [0.29, 0.717) is 5.82 Å². The Morgan fingerprint density at radius 1 is 0.299 bits per heavy atom. The fourth-order valence-electron chi connectivity index (χ4n) is 19.4. The van der Waals surface area contributed by atoms with Crippen LogP contribution in [0.3, 0.4) is 0 Å². The normalized spacial score (nSPS) is 12.6. The van der Waals surface area contributed by atoms with Crippen LogP contribution in [0.1, 0.15) is 25.0 Å². The quantitative estimate of drug-likeness (QED) is 0.146. The van der Waals surface area contributed by atoms with E-state index in [-0.39, 0.29) is 5.41 Å². The van der Waals surface area contributed by atoms with Crippen molar-refractivity contribution in [3.05, 3.63) is 437 Å². The van der Waals surface area contributed by atoms with Crippen molar-refractivity contribution in [2.75, 3.05) is 9.80 Å². The largest absolute Gasteiger partial charge is 0.316 e. The summed E-state index contributed by atoms with van der Waals surface area (Å²) < 4.78 is 6.86. The molecule has 12 nitrogen and oxygen atoms in total. The van der Waals surface area contributed by atoms with Crippen molar-refractivity contribution in [2.45, 2.75) is 29.1 Å². The van der Waals surface area contributed by atoms with E-state index in [4.69, 9.17) is 24.9 Å². The molecular formula is C114H76N12S. The predicted octanol–water partition coefficient (Wildman–Crippen LogP) is 29.2. The Morgan fingerprint density at radius 2 is 0.866 bits per heavy atom. The molecule has 4 aliphatic rings. The molecule has 0 fully saturated rings. The van der Waals surface area contributed by atoms with Crippen molar-refractivity contribution >= 4 is 89.8 Å². The number of aromatic nitrogens is 10. The van der Waals surface area contributed by atoms with Gasteiger partial charge >= 0.3 is 0 Å². The second-order valence-corrected chi connectivity index (χ2v) is 33.9. The number of pyridine rings is 3. The molecule has 0 atom stereocenters. The summed E-state index contributed by atoms with van der Waals surface area (Å²) >= 11 is 1.74. The standard InChI is InChI=1S/C41H30N2.C40H26N6.C33H20N4S/c1-41(2)35-20-10-8-17-30(35)32-19-12-22-38(39(32)41)42-26-25-34-36(42)24-23-33-29-16-7-6-15-28(29)31-18-9-11-21-37(31)43(40(33)34)27-13-4-3-5-14-27;1-3-11-27(12-4-1)28-19-21-30(22-20-28)39-42-33(29-13-5-2-6-14-29)25-38(44-39)45-35-17-9-10-18-36(35)46-34-16-8-7-15-32(34)43-40(46)31-23-24-41-26-37(31)45;1-2-11-24-21(7-1)8-6-12-25(24)22-9-5-10-23(17-22)28-18-32-26(19-35-28)33-36-27-13-3-4-14-29(27)37(33)30-20-34-16-15-31(30)38-32/h3-26H,1-2H3;1-26H;1-20H. The molecule has 13 heteroatoms. The van der Waals surface area contributed by atoms with Gasteiger partial charge in [-0.3, -0.25) is 29.0 Å². The summed E-state index contributed by atoms with van der Waals surface area (Å²) in [7, 11) is 0. The molecule has 7 aromatic heterocycles. The Hall–Kier alpha value is -16.5. The highest BCUT2D eigenvalue weighted by Crippen LogP contribution is 2.57. The monoisotopic (exact) mass is 1640 g/mol. The summed E-state index contributed by atoms with van der Waals surface area (Å²) in [5.74, 6) is 3.14. The molecule has 22 aromatic rings. The van der Waals surface area contributed by atoms with Gasteiger partial charge in [-0.05, 0) is 163 Å². The number of para-hydroxylation sites is 8. The highest BCUT2D eigenvalue weighted by atomic mass is 32.2. The van der Waals surface area contributed by atoms with Gasteiger partial charge in [-0.15, -0.1) is 0 Å². The third-order valence-electron chi connectivity index (χ3n) is 25.2. The molecule has 0 saturated heterocycles. The molecule has 10 heterocycles. The van der Waals surface area contributed by atoms with Gasteiger partial charge in [0.15, 0.2) is 5.82 Å². The van der Waals surface area contributed by atoms with E-state index in [0.717, 1.165) is 123 Å². The van der Waals surface area contributed by atoms with Crippen LogP contribution in [0.15, 0.2) is 435 Å². The second kappa shape index (κ2) is 30.5. The van der Waals surface area contributed by atoms with E-state index >= 15 is 0 Å². The average molecular weight is 1650 g/mol. The maximum atomic E-state index is 5.26. The van der Waals surface area contributed by atoms with Gasteiger partial charge in [0.1, 0.15) is 17.5 Å². The Morgan fingerprint density at radius 3 is 1.65 bits per heavy atom. The van der Waals surface area contributed by atoms with Crippen LogP contribution < -0.4 is 9.80 Å². The molecule has 26 rings (SSSR count). The molecule has 0 radical (unpaired) electrons. The van der Waals surface area contributed by atoms with Crippen LogP contribution in [0, 0.1) is 0 Å². The molecule has 0 saturated carbocycles. The highest BCUT2D eigenvalue weighted by molar-refractivity contribution is 7.99. The van der Waals surface area contributed by atoms with Gasteiger partial charge in [0.25, 0.3) is 0 Å². The third kappa shape index (κ3) is 12.6. The van der Waals surface area contributed by atoms with E-state index in [1.807, 2.05) is 73.4 Å². The first-order chi connectivity index (χ1) is 62.8. The number of hydrogen-bond acceptors (Lipinski definition) is 10. The molecule has 127 heavy (non-hydrogen) atoms. The molecule has 0 bridgehead atoms. The molecular weight excluding hydrogens is 1570 g/mol. The van der Waals surface area contributed by atoms with Crippen LogP contribution in [0.5, 0.6) is 0 Å². The zero-order chi connectivity index (χ0) is 84.2. The zero-order valence-corrected chi connectivity index (χ0v) is 70.0. The van der Waals surface area contributed by atoms with Crippen LogP contribution in [0.25, 0.3) is 173 Å². The highest BCUT2D eigenvalue weighted by Gasteiger charge is 2.39. The molecule has 0 amide bonds. The molecule has 598 valence electrons. The van der Waals surface area contributed by atoms with E-state index in [2.05, 4.69) is 399 Å². The molecule has 1 aliphatic carbocycles. The summed E-state index contributed by atoms with van der Waals surface area (Å²) in [6, 6.07) is 137. The Labute approximate surface area is 738 Å². The van der Waals surface area contributed by atoms with Crippen molar-refractivity contribution in [1.29, 1.82) is 0 Å². The van der Waals surface area contributed by atoms with Gasteiger partial charge in [-0.1, -0.05) is 311 Å². The predicted molar refractivity (Wildman–Crippen MR) is 519 cm³/mol. The fraction of sp³-hybridized carbons (Fsp3) is 0.0263. The maximum absolute atomic E-state index is 5.26. The van der Waals surface area contributed by atoms with E-state index in [9.17, 15) is 0 Å². The van der Waals surface area contributed by atoms with Gasteiger partial charge in [0.2, 0.25) is 0 Å². The van der Waals surface area contributed by atoms with Crippen LogP contribution in [0.4, 0.5) is 34.3 Å². The van der Waals surface area contributed by atoms with Crippen molar-refractivity contribution < 1.29 is 0 Å². The summed E-state index contributed by atoms with van der Waals surface area (Å²) in [6.07, 6.45) is 11.7. The molecule has 0 unspecified atom stereocenters. The Kier molecular flexibility index (Phi) is 17.9. The SMILES string of the molecule is CC1(C)c2ccccc2-c2cccc(-n3ccc4c5c(ccc43)-c3ccccc3-c3ccccc3N5c3ccccc3)c21.c1cc(-c2cc3c(cn2)-c2nc4ccccc4n2-c2cnccc2S3)cc(-c2cccc3ccccc23)c1.c1ccc(-c2ccc(-c3nc(-c4ccccc4)cc(N4c5cnccc5-c5nc6ccccc6n5-c5ccccc54)n3)cc2)cc1. The van der Waals surface area contributed by atoms with E-state index < -0.39 is 0 Å². The Bertz CT molecular complexity index is 8110. The second-order valence-electron chi connectivity index (χ2n) is 32.8. The first-order valence-corrected chi connectivity index (χ1v) is 43.6. The van der Waals surface area contributed by atoms with Crippen molar-refractivity contribution in [3.8, 4) is 129 Å². The number of hydrogen-bond donors (Lipinski definition) is 0. The summed E-state index contributed by atoms with van der Waals surface area (Å²) in [6.45, 7) is 4.73. The first kappa shape index (κ1) is 74.4. The Balaban J connectivity index is 0.000000107. The molecule has 15 aromatic carbocycles. The number of rotatable bonds is 8. The summed E-state index contributed by atoms with van der Waals surface area (Å²) in [4.78, 5) is 41.4. The molecule has 0 N–H and O–H groups in total. The van der Waals surface area contributed by atoms with Crippen LogP contribution >= 0.6 is 11.8 Å². The lowest BCUT2D eigenvalue weighted by Crippen LogP contribution is -2.17. The van der Waals surface area contributed by atoms with Gasteiger partial charge in [-0.2, -0.15) is 0 Å². The number of benzene rings is 15. The van der Waals surface area contributed by atoms with Crippen LogP contribution in [-0.4, -0.2) is 48.6 Å². The van der Waals surface area contributed by atoms with Crippen molar-refractivity contribution in [2.24, 2.45) is 0 Å². The summed E-state index contributed by atoms with van der Waals surface area (Å²) in [5, 5.41) is 3.73. The topological polar surface area (TPSA) is 111 Å². The lowest BCUT2D eigenvalue weighted by Gasteiger charge is -2.28. The van der Waals surface area contributed by atoms with Crippen LogP contribution in [-0.2, 0) is 5.41 Å². The number of anilines is 6. The maximum Gasteiger partial charge on any atom is 0.162 e. The van der Waals surface area contributed by atoms with E-state index in [1.54, 1.807) is 11.8 Å². The lowest BCUT2D eigenvalue weighted by atomic mass is 9.81. The third-order valence-corrected chi connectivity index (χ3v) is 26.3. The number of imidazole rings is 2. The minimum Gasteiger partial charge on any atom is -0.316 e. The van der Waals surface area contributed by atoms with Gasteiger partial charge < -0.3 is 9.47 Å². The zero-order valence-electron chi connectivity index (χ0n) is 69.2.